The van der Waals surface area contributed by atoms with Crippen molar-refractivity contribution in [2.45, 2.75) is 26.8 Å². The second kappa shape index (κ2) is 6.27. The van der Waals surface area contributed by atoms with Crippen LogP contribution in [0.4, 0.5) is 5.69 Å². The summed E-state index contributed by atoms with van der Waals surface area (Å²) in [6.07, 6.45) is 0. The Kier molecular flexibility index (Phi) is 4.99. The summed E-state index contributed by atoms with van der Waals surface area (Å²) in [5.74, 6) is 0. The fourth-order valence-corrected chi connectivity index (χ4v) is 1.61. The Morgan fingerprint density at radius 2 is 2.12 bits per heavy atom. The molecule has 1 aromatic carbocycles. The number of anilines is 1. The molecule has 0 saturated carbocycles. The Bertz CT molecular complexity index is 404. The molecule has 0 fully saturated rings. The maximum absolute atomic E-state index is 9.04. The highest BCUT2D eigenvalue weighted by molar-refractivity contribution is 5.62. The molecule has 3 nitrogen and oxygen atoms in total. The summed E-state index contributed by atoms with van der Waals surface area (Å²) in [6, 6.07) is 8.55. The van der Waals surface area contributed by atoms with E-state index in [4.69, 9.17) is 5.26 Å². The predicted molar refractivity (Wildman–Crippen MR) is 72.1 cm³/mol. The zero-order valence-electron chi connectivity index (χ0n) is 11.1. The van der Waals surface area contributed by atoms with Crippen molar-refractivity contribution >= 4 is 5.69 Å². The standard InChI is InChI=1S/C14H21N3/c1-11(2)17(4)9-8-16-14-12(3)6-5-7-13(14)10-15/h5-7,11,16H,8-9H2,1-4H3. The van der Waals surface area contributed by atoms with Crippen molar-refractivity contribution in [2.75, 3.05) is 25.5 Å². The summed E-state index contributed by atoms with van der Waals surface area (Å²) < 4.78 is 0. The van der Waals surface area contributed by atoms with Gasteiger partial charge in [0.1, 0.15) is 6.07 Å². The van der Waals surface area contributed by atoms with Crippen LogP contribution in [0.3, 0.4) is 0 Å². The summed E-state index contributed by atoms with van der Waals surface area (Å²) >= 11 is 0. The third kappa shape index (κ3) is 3.76. The van der Waals surface area contributed by atoms with Gasteiger partial charge in [-0.05, 0) is 39.4 Å². The Labute approximate surface area is 104 Å². The van der Waals surface area contributed by atoms with Crippen molar-refractivity contribution < 1.29 is 0 Å². The van der Waals surface area contributed by atoms with Crippen LogP contribution in [0.2, 0.25) is 0 Å². The highest BCUT2D eigenvalue weighted by atomic mass is 15.1. The van der Waals surface area contributed by atoms with Gasteiger partial charge in [-0.25, -0.2) is 0 Å². The van der Waals surface area contributed by atoms with Gasteiger partial charge in [0.15, 0.2) is 0 Å². The summed E-state index contributed by atoms with van der Waals surface area (Å²) in [5.41, 5.74) is 2.81. The highest BCUT2D eigenvalue weighted by Gasteiger charge is 2.06. The second-order valence-electron chi connectivity index (χ2n) is 4.61. The van der Waals surface area contributed by atoms with Crippen molar-refractivity contribution in [2.24, 2.45) is 0 Å². The van der Waals surface area contributed by atoms with Crippen molar-refractivity contribution in [1.29, 1.82) is 5.26 Å². The molecule has 1 rings (SSSR count). The van der Waals surface area contributed by atoms with Gasteiger partial charge in [-0.15, -0.1) is 0 Å². The molecule has 0 aliphatic heterocycles. The zero-order valence-corrected chi connectivity index (χ0v) is 11.1. The lowest BCUT2D eigenvalue weighted by Gasteiger charge is -2.21. The monoisotopic (exact) mass is 231 g/mol. The molecule has 17 heavy (non-hydrogen) atoms. The van der Waals surface area contributed by atoms with E-state index < -0.39 is 0 Å². The van der Waals surface area contributed by atoms with Gasteiger partial charge >= 0.3 is 0 Å². The molecule has 3 heteroatoms. The van der Waals surface area contributed by atoms with E-state index in [9.17, 15) is 0 Å². The van der Waals surface area contributed by atoms with E-state index in [1.807, 2.05) is 25.1 Å². The first kappa shape index (κ1) is 13.5. The van der Waals surface area contributed by atoms with Gasteiger partial charge in [0, 0.05) is 19.1 Å². The van der Waals surface area contributed by atoms with Crippen molar-refractivity contribution in [3.8, 4) is 6.07 Å². The summed E-state index contributed by atoms with van der Waals surface area (Å²) in [6.45, 7) is 8.20. The fraction of sp³-hybridized carbons (Fsp3) is 0.500. The molecule has 0 aliphatic carbocycles. The first-order valence-electron chi connectivity index (χ1n) is 6.00. The molecule has 0 bridgehead atoms. The van der Waals surface area contributed by atoms with E-state index in [-0.39, 0.29) is 0 Å². The maximum atomic E-state index is 9.04. The molecule has 1 aromatic rings. The molecule has 0 aromatic heterocycles. The molecule has 0 saturated heterocycles. The van der Waals surface area contributed by atoms with Crippen LogP contribution < -0.4 is 5.32 Å². The molecule has 92 valence electrons. The lowest BCUT2D eigenvalue weighted by molar-refractivity contribution is 0.284. The van der Waals surface area contributed by atoms with Gasteiger partial charge in [0.2, 0.25) is 0 Å². The first-order valence-corrected chi connectivity index (χ1v) is 6.00. The van der Waals surface area contributed by atoms with Crippen molar-refractivity contribution in [3.05, 3.63) is 29.3 Å². The lowest BCUT2D eigenvalue weighted by atomic mass is 10.1. The largest absolute Gasteiger partial charge is 0.382 e. The van der Waals surface area contributed by atoms with E-state index in [0.717, 1.165) is 29.9 Å². The molecule has 0 amide bonds. The minimum atomic E-state index is 0.545. The van der Waals surface area contributed by atoms with Gasteiger partial charge in [0.25, 0.3) is 0 Å². The van der Waals surface area contributed by atoms with Crippen LogP contribution in [0.15, 0.2) is 18.2 Å². The molecule has 0 radical (unpaired) electrons. The van der Waals surface area contributed by atoms with Crippen LogP contribution in [0.5, 0.6) is 0 Å². The van der Waals surface area contributed by atoms with Gasteiger partial charge in [0.05, 0.1) is 11.3 Å². The molecular formula is C14H21N3. The van der Waals surface area contributed by atoms with Gasteiger partial charge in [-0.1, -0.05) is 12.1 Å². The summed E-state index contributed by atoms with van der Waals surface area (Å²) in [5, 5.41) is 12.4. The minimum Gasteiger partial charge on any atom is -0.382 e. The Morgan fingerprint density at radius 1 is 1.41 bits per heavy atom. The second-order valence-corrected chi connectivity index (χ2v) is 4.61. The van der Waals surface area contributed by atoms with Crippen LogP contribution in [-0.4, -0.2) is 31.1 Å². The highest BCUT2D eigenvalue weighted by Crippen LogP contribution is 2.19. The number of nitrogens with one attached hydrogen (secondary N) is 1. The predicted octanol–water partition coefficient (Wildman–Crippen LogP) is 2.62. The number of benzene rings is 1. The summed E-state index contributed by atoms with van der Waals surface area (Å²) in [4.78, 5) is 2.28. The number of aryl methyl sites for hydroxylation is 1. The van der Waals surface area contributed by atoms with Gasteiger partial charge in [-0.3, -0.25) is 0 Å². The fourth-order valence-electron chi connectivity index (χ4n) is 1.61. The number of likely N-dealkylation sites (N-methyl/N-ethyl adjacent to an activating group) is 1. The molecule has 0 unspecified atom stereocenters. The number of rotatable bonds is 5. The Balaban J connectivity index is 2.61. The van der Waals surface area contributed by atoms with Crippen molar-refractivity contribution in [1.82, 2.24) is 4.90 Å². The van der Waals surface area contributed by atoms with Crippen LogP contribution >= 0.6 is 0 Å². The average Bonchev–Trinajstić information content (AvgIpc) is 2.30. The Morgan fingerprint density at radius 3 is 2.71 bits per heavy atom. The molecule has 0 aliphatic rings. The number of nitrogens with zero attached hydrogens (tertiary/aromatic N) is 2. The quantitative estimate of drug-likeness (QED) is 0.846. The zero-order chi connectivity index (χ0) is 12.8. The average molecular weight is 231 g/mol. The Hall–Kier alpha value is -1.53. The van der Waals surface area contributed by atoms with Crippen LogP contribution in [0.25, 0.3) is 0 Å². The third-order valence-electron chi connectivity index (χ3n) is 3.04. The molecule has 0 spiro atoms. The third-order valence-corrected chi connectivity index (χ3v) is 3.04. The number of nitriles is 1. The van der Waals surface area contributed by atoms with Crippen LogP contribution in [0, 0.1) is 18.3 Å². The smallest absolute Gasteiger partial charge is 0.101 e. The normalized spacial score (nSPS) is 10.6. The first-order chi connectivity index (χ1) is 8.06. The maximum Gasteiger partial charge on any atom is 0.101 e. The topological polar surface area (TPSA) is 39.1 Å². The molecule has 1 N–H and O–H groups in total. The van der Waals surface area contributed by atoms with Gasteiger partial charge < -0.3 is 10.2 Å². The van der Waals surface area contributed by atoms with E-state index in [1.165, 1.54) is 0 Å². The van der Waals surface area contributed by atoms with E-state index in [1.54, 1.807) is 0 Å². The van der Waals surface area contributed by atoms with Gasteiger partial charge in [-0.2, -0.15) is 5.26 Å². The van der Waals surface area contributed by atoms with E-state index in [2.05, 4.69) is 37.2 Å². The van der Waals surface area contributed by atoms with Crippen molar-refractivity contribution in [3.63, 3.8) is 0 Å². The van der Waals surface area contributed by atoms with E-state index in [0.29, 0.717) is 6.04 Å². The molecule has 0 atom stereocenters. The number of hydrogen-bond acceptors (Lipinski definition) is 3. The number of hydrogen-bond donors (Lipinski definition) is 1. The van der Waals surface area contributed by atoms with Crippen LogP contribution in [-0.2, 0) is 0 Å². The molecular weight excluding hydrogens is 210 g/mol. The lowest BCUT2D eigenvalue weighted by Crippen LogP contribution is -2.31. The van der Waals surface area contributed by atoms with Crippen LogP contribution in [0.1, 0.15) is 25.0 Å². The SMILES string of the molecule is Cc1cccc(C#N)c1NCCN(C)C(C)C. The van der Waals surface area contributed by atoms with E-state index >= 15 is 0 Å². The number of para-hydroxylation sites is 1. The molecule has 0 heterocycles. The minimum absolute atomic E-state index is 0.545. The summed E-state index contributed by atoms with van der Waals surface area (Å²) in [7, 11) is 2.11.